The molecule has 4 aromatic carbocycles. The van der Waals surface area contributed by atoms with Crippen molar-refractivity contribution in [2.75, 3.05) is 7.11 Å². The molecule has 0 spiro atoms. The average molecular weight is 504 g/mol. The maximum absolute atomic E-state index is 13.6. The van der Waals surface area contributed by atoms with Crippen molar-refractivity contribution in [3.05, 3.63) is 119 Å². The zero-order valence-corrected chi connectivity index (χ0v) is 20.7. The Morgan fingerprint density at radius 3 is 2.54 bits per heavy atom. The van der Waals surface area contributed by atoms with Crippen LogP contribution in [0.25, 0.3) is 33.5 Å². The lowest BCUT2D eigenvalue weighted by molar-refractivity contribution is 0.419. The van der Waals surface area contributed by atoms with E-state index >= 15 is 0 Å². The number of furan rings is 1. The summed E-state index contributed by atoms with van der Waals surface area (Å²) in [5, 5.41) is 5.90. The molecule has 6 nitrogen and oxygen atoms in total. The first-order valence-corrected chi connectivity index (χ1v) is 12.5. The molecule has 0 aliphatic carbocycles. The van der Waals surface area contributed by atoms with E-state index in [2.05, 4.69) is 17.2 Å². The van der Waals surface area contributed by atoms with Crippen LogP contribution < -0.4 is 10.3 Å². The van der Waals surface area contributed by atoms with Crippen molar-refractivity contribution in [2.24, 2.45) is 5.10 Å². The molecular weight excluding hydrogens is 482 g/mol. The van der Waals surface area contributed by atoms with Gasteiger partial charge < -0.3 is 9.15 Å². The Labute approximate surface area is 216 Å². The van der Waals surface area contributed by atoms with E-state index in [1.807, 2.05) is 84.9 Å². The number of ether oxygens (including phenoxy) is 1. The quantitative estimate of drug-likeness (QED) is 0.233. The highest BCUT2D eigenvalue weighted by Gasteiger charge is 2.18. The van der Waals surface area contributed by atoms with Crippen LogP contribution in [-0.4, -0.2) is 23.0 Å². The third kappa shape index (κ3) is 4.41. The number of nitrogens with zero attached hydrogens (tertiary/aromatic N) is 3. The van der Waals surface area contributed by atoms with E-state index in [-0.39, 0.29) is 5.56 Å². The molecule has 0 bridgehead atoms. The number of para-hydroxylation sites is 1. The minimum atomic E-state index is -0.280. The third-order valence-electron chi connectivity index (χ3n) is 5.92. The van der Waals surface area contributed by atoms with Gasteiger partial charge in [0.1, 0.15) is 11.3 Å². The molecular formula is C30H21N3O3S. The lowest BCUT2D eigenvalue weighted by Crippen LogP contribution is -2.20. The highest BCUT2D eigenvalue weighted by Crippen LogP contribution is 2.33. The molecule has 0 radical (unpaired) electrons. The van der Waals surface area contributed by atoms with Gasteiger partial charge >= 0.3 is 0 Å². The van der Waals surface area contributed by atoms with Gasteiger partial charge in [0.15, 0.2) is 5.76 Å². The predicted molar refractivity (Wildman–Crippen MR) is 148 cm³/mol. The molecule has 6 aromatic rings. The van der Waals surface area contributed by atoms with Crippen molar-refractivity contribution in [1.82, 2.24) is 9.66 Å². The smallest absolute Gasteiger partial charge is 0.282 e. The molecule has 0 aliphatic heterocycles. The summed E-state index contributed by atoms with van der Waals surface area (Å²) in [7, 11) is 1.61. The normalized spacial score (nSPS) is 11.5. The zero-order valence-electron chi connectivity index (χ0n) is 19.9. The lowest BCUT2D eigenvalue weighted by atomic mass is 10.2. The van der Waals surface area contributed by atoms with Gasteiger partial charge in [-0.05, 0) is 48.5 Å². The van der Waals surface area contributed by atoms with Gasteiger partial charge in [-0.25, -0.2) is 4.98 Å². The van der Waals surface area contributed by atoms with Crippen LogP contribution in [0.1, 0.15) is 5.56 Å². The van der Waals surface area contributed by atoms with Gasteiger partial charge in [-0.15, -0.1) is 0 Å². The Bertz CT molecular complexity index is 1820. The maximum atomic E-state index is 13.6. The van der Waals surface area contributed by atoms with Crippen molar-refractivity contribution in [3.63, 3.8) is 0 Å². The second-order valence-electron chi connectivity index (χ2n) is 8.25. The zero-order chi connectivity index (χ0) is 25.2. The van der Waals surface area contributed by atoms with Crippen molar-refractivity contribution < 1.29 is 9.15 Å². The van der Waals surface area contributed by atoms with E-state index in [9.17, 15) is 4.79 Å². The first kappa shape index (κ1) is 22.8. The highest BCUT2D eigenvalue weighted by molar-refractivity contribution is 7.99. The minimum absolute atomic E-state index is 0.280. The Balaban J connectivity index is 1.50. The van der Waals surface area contributed by atoms with Crippen molar-refractivity contribution in [3.8, 4) is 17.3 Å². The number of rotatable bonds is 6. The lowest BCUT2D eigenvalue weighted by Gasteiger charge is -2.08. The molecule has 2 aromatic heterocycles. The summed E-state index contributed by atoms with van der Waals surface area (Å²) >= 11 is 1.64. The van der Waals surface area contributed by atoms with Crippen LogP contribution >= 0.6 is 11.8 Å². The fourth-order valence-corrected chi connectivity index (χ4v) is 5.06. The van der Waals surface area contributed by atoms with Crippen LogP contribution in [0.15, 0.2) is 127 Å². The van der Waals surface area contributed by atoms with Gasteiger partial charge in [0.25, 0.3) is 5.56 Å². The van der Waals surface area contributed by atoms with E-state index in [1.54, 1.807) is 31.2 Å². The molecule has 0 saturated carbocycles. The molecule has 6 rings (SSSR count). The Kier molecular flexibility index (Phi) is 6.04. The molecule has 180 valence electrons. The predicted octanol–water partition coefficient (Wildman–Crippen LogP) is 6.85. The summed E-state index contributed by atoms with van der Waals surface area (Å²) in [6, 6.07) is 32.7. The molecule has 0 aliphatic rings. The summed E-state index contributed by atoms with van der Waals surface area (Å²) < 4.78 is 12.9. The van der Waals surface area contributed by atoms with E-state index in [0.717, 1.165) is 20.7 Å². The number of fused-ring (bicyclic) bond motifs is 2. The molecule has 7 heteroatoms. The Morgan fingerprint density at radius 1 is 0.892 bits per heavy atom. The fourth-order valence-electron chi connectivity index (χ4n) is 4.13. The van der Waals surface area contributed by atoms with Crippen LogP contribution in [-0.2, 0) is 0 Å². The molecule has 0 saturated heterocycles. The van der Waals surface area contributed by atoms with Gasteiger partial charge in [0.2, 0.25) is 5.82 Å². The molecule has 0 N–H and O–H groups in total. The summed E-state index contributed by atoms with van der Waals surface area (Å²) in [6.07, 6.45) is 1.69. The van der Waals surface area contributed by atoms with Gasteiger partial charge in [-0.2, -0.15) is 9.78 Å². The van der Waals surface area contributed by atoms with Crippen LogP contribution in [0.5, 0.6) is 5.75 Å². The van der Waals surface area contributed by atoms with Gasteiger partial charge in [-0.1, -0.05) is 66.4 Å². The maximum Gasteiger partial charge on any atom is 0.282 e. The molecule has 2 heterocycles. The molecule has 0 fully saturated rings. The number of methoxy groups -OCH3 is 1. The monoisotopic (exact) mass is 503 g/mol. The number of hydrogen-bond acceptors (Lipinski definition) is 6. The SMILES string of the molecule is COc1cccc2oc(-c3nc4ccccc4c(=O)n3N=Cc3ccccc3Sc3ccccc3)cc12. The number of benzene rings is 4. The third-order valence-corrected chi connectivity index (χ3v) is 7.02. The second kappa shape index (κ2) is 9.79. The van der Waals surface area contributed by atoms with Crippen LogP contribution in [0.2, 0.25) is 0 Å². The van der Waals surface area contributed by atoms with Crippen LogP contribution in [0, 0.1) is 0 Å². The van der Waals surface area contributed by atoms with Crippen LogP contribution in [0.4, 0.5) is 0 Å². The van der Waals surface area contributed by atoms with Crippen molar-refractivity contribution >= 4 is 39.8 Å². The first-order chi connectivity index (χ1) is 18.2. The van der Waals surface area contributed by atoms with Crippen molar-refractivity contribution in [1.29, 1.82) is 0 Å². The van der Waals surface area contributed by atoms with Gasteiger partial charge in [-0.3, -0.25) is 4.79 Å². The fraction of sp³-hybridized carbons (Fsp3) is 0.0333. The van der Waals surface area contributed by atoms with Crippen molar-refractivity contribution in [2.45, 2.75) is 9.79 Å². The molecule has 0 atom stereocenters. The number of hydrogen-bond donors (Lipinski definition) is 0. The highest BCUT2D eigenvalue weighted by atomic mass is 32.2. The Hall–Kier alpha value is -4.62. The largest absolute Gasteiger partial charge is 0.496 e. The second-order valence-corrected chi connectivity index (χ2v) is 9.37. The topological polar surface area (TPSA) is 69.6 Å². The van der Waals surface area contributed by atoms with E-state index in [4.69, 9.17) is 14.1 Å². The molecule has 0 unspecified atom stereocenters. The van der Waals surface area contributed by atoms with Crippen LogP contribution in [0.3, 0.4) is 0 Å². The molecule has 37 heavy (non-hydrogen) atoms. The van der Waals surface area contributed by atoms with E-state index < -0.39 is 0 Å². The summed E-state index contributed by atoms with van der Waals surface area (Å²) in [4.78, 5) is 20.5. The molecule has 0 amide bonds. The summed E-state index contributed by atoms with van der Waals surface area (Å²) in [5.41, 5.74) is 1.81. The minimum Gasteiger partial charge on any atom is -0.496 e. The summed E-state index contributed by atoms with van der Waals surface area (Å²) in [6.45, 7) is 0. The summed E-state index contributed by atoms with van der Waals surface area (Å²) in [5.74, 6) is 1.41. The standard InChI is InChI=1S/C30H21N3O3S/c1-35-25-15-9-16-26-23(25)18-27(36-26)29-32-24-14-7-6-13-22(24)30(34)33(29)31-19-20-10-5-8-17-28(20)37-21-11-3-2-4-12-21/h2-19H,1H3. The Morgan fingerprint density at radius 2 is 1.68 bits per heavy atom. The van der Waals surface area contributed by atoms with Gasteiger partial charge in [0, 0.05) is 15.4 Å². The first-order valence-electron chi connectivity index (χ1n) is 11.7. The average Bonchev–Trinajstić information content (AvgIpc) is 3.38. The van der Waals surface area contributed by atoms with Gasteiger partial charge in [0.05, 0.1) is 29.6 Å². The van der Waals surface area contributed by atoms with E-state index in [0.29, 0.717) is 33.8 Å². The van der Waals surface area contributed by atoms with E-state index in [1.165, 1.54) is 4.68 Å². The number of aromatic nitrogens is 2.